The molecule has 3 amide bonds. The molecule has 1 saturated heterocycles. The lowest BCUT2D eigenvalue weighted by Crippen LogP contribution is -2.58. The van der Waals surface area contributed by atoms with Crippen molar-refractivity contribution in [3.8, 4) is 38.6 Å². The predicted octanol–water partition coefficient (Wildman–Crippen LogP) is 7.56. The Bertz CT molecular complexity index is 2320. The number of aliphatic hydroxyl groups excluding tert-OH is 1. The lowest BCUT2D eigenvalue weighted by molar-refractivity contribution is -0.144. The van der Waals surface area contributed by atoms with Crippen molar-refractivity contribution in [2.24, 2.45) is 11.3 Å². The zero-order valence-electron chi connectivity index (χ0n) is 34.9. The number of nitrogens with one attached hydrogen (secondary N) is 2. The molecule has 1 saturated carbocycles. The van der Waals surface area contributed by atoms with Gasteiger partial charge in [-0.3, -0.25) is 14.4 Å². The average molecular weight is 830 g/mol. The molecule has 2 aliphatic rings. The number of hydrogen-bond acceptors (Lipinski definition) is 10. The van der Waals surface area contributed by atoms with E-state index in [9.17, 15) is 24.6 Å². The number of anilines is 1. The molecule has 60 heavy (non-hydrogen) atoms. The Hall–Kier alpha value is -5.66. The van der Waals surface area contributed by atoms with Gasteiger partial charge in [0.25, 0.3) is 0 Å². The minimum absolute atomic E-state index is 0.0216. The van der Waals surface area contributed by atoms with Crippen LogP contribution in [-0.2, 0) is 14.4 Å². The van der Waals surface area contributed by atoms with Gasteiger partial charge in [0, 0.05) is 30.5 Å². The SMILES string of the molecule is Cc1ncsc1-c1ccc([C@H](C)NC(=O)[C@@H]2C[C@@H](O)CN2C(=O)[C@@H](NC(=O)CC2CCC(c3ccc(-c4cc(-c5ccccc5O)nnc4N)cc3)CC2)C(C)(C)C)cc1. The molecule has 0 unspecified atom stereocenters. The van der Waals surface area contributed by atoms with Crippen LogP contribution < -0.4 is 16.4 Å². The Morgan fingerprint density at radius 1 is 0.917 bits per heavy atom. The van der Waals surface area contributed by atoms with Crippen LogP contribution in [0.15, 0.2) is 84.4 Å². The van der Waals surface area contributed by atoms with E-state index in [1.165, 1.54) is 10.5 Å². The maximum absolute atomic E-state index is 14.2. The minimum atomic E-state index is -0.875. The van der Waals surface area contributed by atoms with Crippen molar-refractivity contribution in [2.75, 3.05) is 12.3 Å². The van der Waals surface area contributed by atoms with Crippen LogP contribution in [0.2, 0.25) is 0 Å². The van der Waals surface area contributed by atoms with Gasteiger partial charge in [0.2, 0.25) is 17.7 Å². The number of β-amino-alcohol motifs (C(OH)–C–C–N with tert-alkyl or cyclic N) is 1. The van der Waals surface area contributed by atoms with Crippen LogP contribution in [0.25, 0.3) is 32.8 Å². The molecule has 6 N–H and O–H groups in total. The summed E-state index contributed by atoms with van der Waals surface area (Å²) in [6, 6.07) is 23.1. The molecule has 13 heteroatoms. The first kappa shape index (κ1) is 42.5. The van der Waals surface area contributed by atoms with E-state index in [0.717, 1.165) is 58.5 Å². The Labute approximate surface area is 355 Å². The second kappa shape index (κ2) is 17.9. The van der Waals surface area contributed by atoms with E-state index >= 15 is 0 Å². The van der Waals surface area contributed by atoms with Gasteiger partial charge in [-0.25, -0.2) is 4.98 Å². The van der Waals surface area contributed by atoms with Crippen LogP contribution in [0.5, 0.6) is 5.75 Å². The van der Waals surface area contributed by atoms with E-state index in [2.05, 4.69) is 37.9 Å². The number of carbonyl (C=O) groups is 3. The number of para-hydroxylation sites is 1. The second-order valence-corrected chi connectivity index (χ2v) is 18.3. The topological polar surface area (TPSA) is 184 Å². The molecule has 12 nitrogen and oxygen atoms in total. The van der Waals surface area contributed by atoms with Crippen LogP contribution in [-0.4, -0.2) is 72.7 Å². The van der Waals surface area contributed by atoms with Gasteiger partial charge in [0.15, 0.2) is 5.82 Å². The van der Waals surface area contributed by atoms with E-state index in [-0.39, 0.29) is 48.4 Å². The fraction of sp³-hybridized carbons (Fsp3) is 0.404. The minimum Gasteiger partial charge on any atom is -0.507 e. The van der Waals surface area contributed by atoms with Gasteiger partial charge in [-0.1, -0.05) is 81.4 Å². The highest BCUT2D eigenvalue weighted by Gasteiger charge is 2.45. The molecular formula is C47H55N7O5S. The highest BCUT2D eigenvalue weighted by Crippen LogP contribution is 2.39. The summed E-state index contributed by atoms with van der Waals surface area (Å²) >= 11 is 1.58. The van der Waals surface area contributed by atoms with E-state index in [1.54, 1.807) is 29.5 Å². The van der Waals surface area contributed by atoms with Crippen molar-refractivity contribution in [2.45, 2.75) is 103 Å². The first-order chi connectivity index (χ1) is 28.7. The molecule has 1 aliphatic heterocycles. The van der Waals surface area contributed by atoms with Gasteiger partial charge in [0.1, 0.15) is 17.8 Å². The summed E-state index contributed by atoms with van der Waals surface area (Å²) in [5, 5.41) is 35.5. The van der Waals surface area contributed by atoms with Crippen LogP contribution in [0.3, 0.4) is 0 Å². The summed E-state index contributed by atoms with van der Waals surface area (Å²) in [5.74, 6) is 0.0808. The van der Waals surface area contributed by atoms with Crippen molar-refractivity contribution in [3.05, 3.63) is 101 Å². The fourth-order valence-corrected chi connectivity index (χ4v) is 9.40. The Kier molecular flexibility index (Phi) is 12.7. The van der Waals surface area contributed by atoms with E-state index in [1.807, 2.05) is 88.7 Å². The van der Waals surface area contributed by atoms with Crippen LogP contribution in [0, 0.1) is 18.3 Å². The molecule has 0 spiro atoms. The van der Waals surface area contributed by atoms with Crippen molar-refractivity contribution in [3.63, 3.8) is 0 Å². The molecule has 3 heterocycles. The number of phenolic OH excluding ortho intramolecular Hbond substituents is 1. The van der Waals surface area contributed by atoms with Gasteiger partial charge < -0.3 is 31.5 Å². The van der Waals surface area contributed by atoms with Gasteiger partial charge in [-0.2, -0.15) is 0 Å². The largest absolute Gasteiger partial charge is 0.507 e. The van der Waals surface area contributed by atoms with E-state index in [0.29, 0.717) is 29.4 Å². The Morgan fingerprint density at radius 2 is 1.60 bits per heavy atom. The summed E-state index contributed by atoms with van der Waals surface area (Å²) in [7, 11) is 0. The molecule has 7 rings (SSSR count). The third kappa shape index (κ3) is 9.53. The number of hydrogen-bond donors (Lipinski definition) is 5. The van der Waals surface area contributed by atoms with Crippen molar-refractivity contribution in [1.82, 2.24) is 30.7 Å². The zero-order valence-corrected chi connectivity index (χ0v) is 35.7. The molecule has 1 aliphatic carbocycles. The monoisotopic (exact) mass is 829 g/mol. The third-order valence-electron chi connectivity index (χ3n) is 12.1. The molecule has 0 bridgehead atoms. The maximum atomic E-state index is 14.2. The lowest BCUT2D eigenvalue weighted by atomic mass is 9.77. The molecule has 2 fully saturated rings. The number of nitrogens with zero attached hydrogens (tertiary/aromatic N) is 4. The van der Waals surface area contributed by atoms with Crippen LogP contribution >= 0.6 is 11.3 Å². The quantitative estimate of drug-likeness (QED) is 0.0897. The Morgan fingerprint density at radius 3 is 2.25 bits per heavy atom. The van der Waals surface area contributed by atoms with Crippen molar-refractivity contribution >= 4 is 34.9 Å². The number of thiazole rings is 1. The number of aryl methyl sites for hydroxylation is 1. The number of phenols is 1. The number of aromatic nitrogens is 3. The predicted molar refractivity (Wildman–Crippen MR) is 235 cm³/mol. The van der Waals surface area contributed by atoms with E-state index < -0.39 is 23.6 Å². The summed E-state index contributed by atoms with van der Waals surface area (Å²) in [4.78, 5) is 48.5. The van der Waals surface area contributed by atoms with Crippen molar-refractivity contribution in [1.29, 1.82) is 0 Å². The maximum Gasteiger partial charge on any atom is 0.246 e. The normalized spacial score (nSPS) is 20.3. The number of aliphatic hydroxyl groups is 1. The number of likely N-dealkylation sites (tertiary alicyclic amines) is 1. The summed E-state index contributed by atoms with van der Waals surface area (Å²) in [6.07, 6.45) is 3.22. The first-order valence-corrected chi connectivity index (χ1v) is 21.6. The van der Waals surface area contributed by atoms with Crippen molar-refractivity contribution < 1.29 is 24.6 Å². The van der Waals surface area contributed by atoms with Gasteiger partial charge in [0.05, 0.1) is 33.9 Å². The van der Waals surface area contributed by atoms with Crippen LogP contribution in [0.1, 0.15) is 95.0 Å². The Balaban J connectivity index is 0.932. The number of rotatable bonds is 11. The highest BCUT2D eigenvalue weighted by molar-refractivity contribution is 7.13. The number of amides is 3. The zero-order chi connectivity index (χ0) is 42.7. The van der Waals surface area contributed by atoms with Gasteiger partial charge in [-0.05, 0) is 97.2 Å². The van der Waals surface area contributed by atoms with E-state index in [4.69, 9.17) is 5.73 Å². The lowest BCUT2D eigenvalue weighted by Gasteiger charge is -2.36. The molecule has 0 radical (unpaired) electrons. The molecule has 3 aromatic carbocycles. The molecule has 4 atom stereocenters. The third-order valence-corrected chi connectivity index (χ3v) is 13.1. The van der Waals surface area contributed by atoms with Crippen LogP contribution in [0.4, 0.5) is 5.82 Å². The second-order valence-electron chi connectivity index (χ2n) is 17.5. The summed E-state index contributed by atoms with van der Waals surface area (Å²) in [5.41, 5.74) is 14.4. The smallest absolute Gasteiger partial charge is 0.246 e. The van der Waals surface area contributed by atoms with Gasteiger partial charge in [-0.15, -0.1) is 21.5 Å². The first-order valence-electron chi connectivity index (χ1n) is 20.8. The number of nitrogens with two attached hydrogens (primary N) is 1. The highest BCUT2D eigenvalue weighted by atomic mass is 32.1. The number of carbonyl (C=O) groups excluding carboxylic acids is 3. The number of nitrogen functional groups attached to an aromatic ring is 1. The molecule has 314 valence electrons. The summed E-state index contributed by atoms with van der Waals surface area (Å²) < 4.78 is 0. The number of aromatic hydroxyl groups is 1. The summed E-state index contributed by atoms with van der Waals surface area (Å²) in [6.45, 7) is 9.61. The average Bonchev–Trinajstić information content (AvgIpc) is 3.85. The number of benzene rings is 3. The fourth-order valence-electron chi connectivity index (χ4n) is 8.59. The standard InChI is InChI=1S/C47H55N7O5S/c1-27(30-14-20-34(21-15-30)42-28(2)49-26-60-42)50-45(58)39-23-35(55)25-54(39)46(59)43(47(3,4)5)51-41(57)22-29-10-12-31(13-11-29)32-16-18-33(19-17-32)37-24-38(52-53-44(37)48)36-8-6-7-9-40(36)56/h6-9,14-21,24,26-27,29,31,35,39,43,55-56H,10-13,22-23,25H2,1-5H3,(H2,48,53)(H,50,58)(H,51,57)/t27-,29?,31?,35+,39-,43+/m0/s1. The molecule has 2 aromatic heterocycles. The van der Waals surface area contributed by atoms with Gasteiger partial charge >= 0.3 is 0 Å². The molecular weight excluding hydrogens is 775 g/mol. The molecule has 5 aromatic rings.